The normalized spacial score (nSPS) is 31.3. The van der Waals surface area contributed by atoms with E-state index in [1.54, 1.807) is 0 Å². The van der Waals surface area contributed by atoms with Crippen LogP contribution < -0.4 is 5.32 Å². The first-order valence-electron chi connectivity index (χ1n) is 8.01. The van der Waals surface area contributed by atoms with Crippen molar-refractivity contribution in [1.82, 2.24) is 15.1 Å². The zero-order chi connectivity index (χ0) is 14.8. The summed E-state index contributed by atoms with van der Waals surface area (Å²) in [5.41, 5.74) is 0. The predicted molar refractivity (Wildman–Crippen MR) is 76.3 cm³/mol. The molecule has 2 unspecified atom stereocenters. The van der Waals surface area contributed by atoms with Gasteiger partial charge in [-0.25, -0.2) is 0 Å². The van der Waals surface area contributed by atoms with Crippen molar-refractivity contribution < 1.29 is 14.4 Å². The molecule has 21 heavy (non-hydrogen) atoms. The molecule has 0 bridgehead atoms. The number of likely N-dealkylation sites (tertiary alicyclic amines) is 2. The van der Waals surface area contributed by atoms with Crippen LogP contribution in [0.3, 0.4) is 0 Å². The first-order valence-corrected chi connectivity index (χ1v) is 8.01. The molecular weight excluding hydrogens is 270 g/mol. The average molecular weight is 293 g/mol. The van der Waals surface area contributed by atoms with Gasteiger partial charge >= 0.3 is 0 Å². The lowest BCUT2D eigenvalue weighted by atomic mass is 9.95. The van der Waals surface area contributed by atoms with Crippen molar-refractivity contribution in [2.24, 2.45) is 0 Å². The Balaban J connectivity index is 1.67. The zero-order valence-corrected chi connectivity index (χ0v) is 12.3. The van der Waals surface area contributed by atoms with E-state index in [-0.39, 0.29) is 29.8 Å². The Morgan fingerprint density at radius 2 is 1.71 bits per heavy atom. The average Bonchev–Trinajstić information content (AvgIpc) is 2.48. The second-order valence-corrected chi connectivity index (χ2v) is 6.28. The summed E-state index contributed by atoms with van der Waals surface area (Å²) in [6.45, 7) is 2.06. The standard InChI is InChI=1S/C15H23N3O3/c19-13-9-11(6-7-16-13)18-10-12(4-5-15(18)21)17-8-2-1-3-14(17)20/h11-12H,1-10H2,(H,16,19). The van der Waals surface area contributed by atoms with Crippen molar-refractivity contribution in [3.63, 3.8) is 0 Å². The third-order valence-electron chi connectivity index (χ3n) is 4.88. The molecule has 0 aromatic rings. The van der Waals surface area contributed by atoms with Crippen LogP contribution in [0.15, 0.2) is 0 Å². The fourth-order valence-corrected chi connectivity index (χ4v) is 3.71. The van der Waals surface area contributed by atoms with E-state index in [0.29, 0.717) is 32.4 Å². The second-order valence-electron chi connectivity index (χ2n) is 6.28. The summed E-state index contributed by atoms with van der Waals surface area (Å²) in [5.74, 6) is 0.382. The van der Waals surface area contributed by atoms with Crippen LogP contribution in [0.25, 0.3) is 0 Å². The molecule has 3 aliphatic rings. The number of nitrogens with zero attached hydrogens (tertiary/aromatic N) is 2. The second kappa shape index (κ2) is 6.03. The van der Waals surface area contributed by atoms with Crippen molar-refractivity contribution in [1.29, 1.82) is 0 Å². The van der Waals surface area contributed by atoms with Crippen LogP contribution in [0, 0.1) is 0 Å². The molecule has 3 rings (SSSR count). The maximum Gasteiger partial charge on any atom is 0.222 e. The number of nitrogens with one attached hydrogen (secondary N) is 1. The van der Waals surface area contributed by atoms with Gasteiger partial charge in [-0.05, 0) is 25.7 Å². The van der Waals surface area contributed by atoms with Gasteiger partial charge in [0.25, 0.3) is 0 Å². The zero-order valence-electron chi connectivity index (χ0n) is 12.3. The monoisotopic (exact) mass is 293 g/mol. The van der Waals surface area contributed by atoms with E-state index >= 15 is 0 Å². The molecule has 3 amide bonds. The highest BCUT2D eigenvalue weighted by Gasteiger charge is 2.37. The Bertz CT molecular complexity index is 451. The number of rotatable bonds is 2. The molecule has 3 fully saturated rings. The Morgan fingerprint density at radius 1 is 0.905 bits per heavy atom. The van der Waals surface area contributed by atoms with E-state index in [1.165, 1.54) is 0 Å². The lowest BCUT2D eigenvalue weighted by molar-refractivity contribution is -0.146. The lowest BCUT2D eigenvalue weighted by Gasteiger charge is -2.44. The molecule has 116 valence electrons. The van der Waals surface area contributed by atoms with Gasteiger partial charge in [0, 0.05) is 51.0 Å². The predicted octanol–water partition coefficient (Wildman–Crippen LogP) is 0.269. The number of hydrogen-bond acceptors (Lipinski definition) is 3. The number of carbonyl (C=O) groups excluding carboxylic acids is 3. The van der Waals surface area contributed by atoms with Crippen LogP contribution in [0.1, 0.15) is 44.9 Å². The van der Waals surface area contributed by atoms with Crippen molar-refractivity contribution in [3.05, 3.63) is 0 Å². The van der Waals surface area contributed by atoms with Gasteiger partial charge in [0.2, 0.25) is 17.7 Å². The highest BCUT2D eigenvalue weighted by Crippen LogP contribution is 2.25. The SMILES string of the molecule is O=C1CC(N2CC(N3CCCCC3=O)CCC2=O)CCN1. The van der Waals surface area contributed by atoms with Gasteiger partial charge in [0.15, 0.2) is 0 Å². The smallest absolute Gasteiger partial charge is 0.222 e. The first-order chi connectivity index (χ1) is 10.1. The quantitative estimate of drug-likeness (QED) is 0.794. The van der Waals surface area contributed by atoms with Crippen molar-refractivity contribution in [2.75, 3.05) is 19.6 Å². The molecule has 0 aromatic carbocycles. The first kappa shape index (κ1) is 14.4. The summed E-state index contributed by atoms with van der Waals surface area (Å²) in [6.07, 6.45) is 5.14. The molecule has 6 heteroatoms. The number of amides is 3. The van der Waals surface area contributed by atoms with Crippen LogP contribution >= 0.6 is 0 Å². The minimum atomic E-state index is 0.00828. The van der Waals surface area contributed by atoms with Crippen molar-refractivity contribution >= 4 is 17.7 Å². The molecule has 3 saturated heterocycles. The summed E-state index contributed by atoms with van der Waals surface area (Å²) in [7, 11) is 0. The number of hydrogen-bond donors (Lipinski definition) is 1. The molecule has 0 radical (unpaired) electrons. The molecule has 0 aromatic heterocycles. The molecule has 3 heterocycles. The van der Waals surface area contributed by atoms with Gasteiger partial charge in [0.05, 0.1) is 0 Å². The fraction of sp³-hybridized carbons (Fsp3) is 0.800. The molecule has 0 spiro atoms. The number of carbonyl (C=O) groups is 3. The summed E-state index contributed by atoms with van der Waals surface area (Å²) in [4.78, 5) is 39.6. The number of piperidine rings is 3. The fourth-order valence-electron chi connectivity index (χ4n) is 3.71. The molecule has 2 atom stereocenters. The van der Waals surface area contributed by atoms with Gasteiger partial charge < -0.3 is 15.1 Å². The summed E-state index contributed by atoms with van der Waals surface area (Å²) in [6, 6.07) is 0.148. The van der Waals surface area contributed by atoms with Gasteiger partial charge in [-0.2, -0.15) is 0 Å². The Labute approximate surface area is 124 Å². The molecule has 0 saturated carbocycles. The Kier molecular flexibility index (Phi) is 4.12. The minimum absolute atomic E-state index is 0.00828. The molecule has 1 N–H and O–H groups in total. The minimum Gasteiger partial charge on any atom is -0.356 e. The maximum absolute atomic E-state index is 12.2. The van der Waals surface area contributed by atoms with Gasteiger partial charge in [-0.3, -0.25) is 14.4 Å². The van der Waals surface area contributed by atoms with E-state index in [4.69, 9.17) is 0 Å². The molecule has 6 nitrogen and oxygen atoms in total. The van der Waals surface area contributed by atoms with E-state index < -0.39 is 0 Å². The summed E-state index contributed by atoms with van der Waals surface area (Å²) in [5, 5.41) is 2.81. The van der Waals surface area contributed by atoms with Gasteiger partial charge in [-0.1, -0.05) is 0 Å². The summed E-state index contributed by atoms with van der Waals surface area (Å²) >= 11 is 0. The van der Waals surface area contributed by atoms with Gasteiger partial charge in [-0.15, -0.1) is 0 Å². The van der Waals surface area contributed by atoms with Crippen LogP contribution in [-0.4, -0.2) is 59.2 Å². The molecule has 0 aliphatic carbocycles. The highest BCUT2D eigenvalue weighted by atomic mass is 16.2. The highest BCUT2D eigenvalue weighted by molar-refractivity contribution is 5.82. The summed E-state index contributed by atoms with van der Waals surface area (Å²) < 4.78 is 0. The van der Waals surface area contributed by atoms with Crippen LogP contribution in [0.4, 0.5) is 0 Å². The van der Waals surface area contributed by atoms with Crippen molar-refractivity contribution in [3.8, 4) is 0 Å². The third-order valence-corrected chi connectivity index (χ3v) is 4.88. The van der Waals surface area contributed by atoms with Gasteiger partial charge in [0.1, 0.15) is 0 Å². The van der Waals surface area contributed by atoms with E-state index in [2.05, 4.69) is 5.32 Å². The van der Waals surface area contributed by atoms with Crippen molar-refractivity contribution in [2.45, 2.75) is 57.0 Å². The largest absolute Gasteiger partial charge is 0.356 e. The van der Waals surface area contributed by atoms with Crippen LogP contribution in [0.5, 0.6) is 0 Å². The Morgan fingerprint density at radius 3 is 2.48 bits per heavy atom. The molecule has 3 aliphatic heterocycles. The Hall–Kier alpha value is -1.59. The van der Waals surface area contributed by atoms with E-state index in [1.807, 2.05) is 9.80 Å². The third kappa shape index (κ3) is 3.04. The maximum atomic E-state index is 12.2. The van der Waals surface area contributed by atoms with E-state index in [9.17, 15) is 14.4 Å². The van der Waals surface area contributed by atoms with Crippen LogP contribution in [-0.2, 0) is 14.4 Å². The topological polar surface area (TPSA) is 69.7 Å². The van der Waals surface area contributed by atoms with E-state index in [0.717, 1.165) is 32.2 Å². The lowest BCUT2D eigenvalue weighted by Crippen LogP contribution is -2.57. The molecular formula is C15H23N3O3. The van der Waals surface area contributed by atoms with Crippen LogP contribution in [0.2, 0.25) is 0 Å².